The van der Waals surface area contributed by atoms with E-state index in [1.165, 1.54) is 0 Å². The molecular formula is C21H26F3N3O3. The molecule has 2 aromatic heterocycles. The van der Waals surface area contributed by atoms with Crippen LogP contribution in [0, 0.1) is 5.92 Å². The summed E-state index contributed by atoms with van der Waals surface area (Å²) >= 11 is 0. The molecule has 1 saturated heterocycles. The van der Waals surface area contributed by atoms with Gasteiger partial charge in [0.15, 0.2) is 0 Å². The monoisotopic (exact) mass is 425 g/mol. The minimum atomic E-state index is -4.75. The number of halogens is 3. The molecule has 9 heteroatoms. The average molecular weight is 425 g/mol. The number of likely N-dealkylation sites (tertiary alicyclic amines) is 1. The van der Waals surface area contributed by atoms with Crippen molar-refractivity contribution in [1.82, 2.24) is 14.7 Å². The van der Waals surface area contributed by atoms with Crippen LogP contribution in [0.3, 0.4) is 0 Å². The highest BCUT2D eigenvalue weighted by Crippen LogP contribution is 2.46. The largest absolute Gasteiger partial charge is 0.460 e. The van der Waals surface area contributed by atoms with Crippen molar-refractivity contribution in [2.24, 2.45) is 5.92 Å². The summed E-state index contributed by atoms with van der Waals surface area (Å²) in [6.45, 7) is 7.45. The third-order valence-electron chi connectivity index (χ3n) is 6.02. The van der Waals surface area contributed by atoms with Crippen LogP contribution in [0.5, 0.6) is 0 Å². The van der Waals surface area contributed by atoms with Gasteiger partial charge in [0, 0.05) is 19.2 Å². The Morgan fingerprint density at radius 3 is 2.63 bits per heavy atom. The highest BCUT2D eigenvalue weighted by molar-refractivity contribution is 5.92. The first-order chi connectivity index (χ1) is 14.3. The lowest BCUT2D eigenvalue weighted by Gasteiger charge is -2.30. The second-order valence-corrected chi connectivity index (χ2v) is 7.93. The molecule has 0 unspecified atom stereocenters. The van der Waals surface area contributed by atoms with Gasteiger partial charge in [0.1, 0.15) is 11.3 Å². The van der Waals surface area contributed by atoms with E-state index in [-0.39, 0.29) is 23.6 Å². The molecule has 6 nitrogen and oxygen atoms in total. The fourth-order valence-electron chi connectivity index (χ4n) is 4.46. The van der Waals surface area contributed by atoms with Crippen molar-refractivity contribution in [3.05, 3.63) is 28.8 Å². The molecule has 0 radical (unpaired) electrons. The maximum atomic E-state index is 13.9. The van der Waals surface area contributed by atoms with Crippen molar-refractivity contribution in [3.8, 4) is 11.3 Å². The number of ether oxygens (including phenoxy) is 1. The summed E-state index contributed by atoms with van der Waals surface area (Å²) in [5, 5.41) is 4.51. The molecule has 0 saturated carbocycles. The lowest BCUT2D eigenvalue weighted by molar-refractivity contribution is -0.138. The molecule has 4 rings (SSSR count). The molecule has 0 spiro atoms. The number of carbonyl (C=O) groups excluding carboxylic acids is 1. The van der Waals surface area contributed by atoms with Crippen LogP contribution in [0.1, 0.15) is 54.1 Å². The summed E-state index contributed by atoms with van der Waals surface area (Å²) in [7, 11) is 0. The number of furan rings is 1. The molecular weight excluding hydrogens is 399 g/mol. The number of hydrogen-bond donors (Lipinski definition) is 0. The summed E-state index contributed by atoms with van der Waals surface area (Å²) in [6, 6.07) is 0. The van der Waals surface area contributed by atoms with Crippen molar-refractivity contribution in [1.29, 1.82) is 0 Å². The molecule has 0 atom stereocenters. The Bertz CT molecular complexity index is 924. The number of nitrogens with zero attached hydrogens (tertiary/aromatic N) is 3. The summed E-state index contributed by atoms with van der Waals surface area (Å²) in [6.07, 6.45) is 0.0353. The molecule has 1 fully saturated rings. The van der Waals surface area contributed by atoms with Crippen LogP contribution in [0.25, 0.3) is 11.3 Å². The molecule has 1 aliphatic heterocycles. The minimum absolute atomic E-state index is 0.0295. The molecule has 3 heterocycles. The lowest BCUT2D eigenvalue weighted by atomic mass is 9.93. The minimum Gasteiger partial charge on any atom is -0.460 e. The van der Waals surface area contributed by atoms with Crippen molar-refractivity contribution in [2.75, 3.05) is 26.2 Å². The first-order valence-corrected chi connectivity index (χ1v) is 10.5. The molecule has 1 aliphatic carbocycles. The molecule has 30 heavy (non-hydrogen) atoms. The van der Waals surface area contributed by atoms with E-state index in [0.29, 0.717) is 25.3 Å². The predicted octanol–water partition coefficient (Wildman–Crippen LogP) is 4.17. The van der Waals surface area contributed by atoms with Crippen molar-refractivity contribution in [2.45, 2.75) is 52.3 Å². The Morgan fingerprint density at radius 2 is 2.00 bits per heavy atom. The molecule has 2 aromatic rings. The summed E-state index contributed by atoms with van der Waals surface area (Å²) in [5.74, 6) is -1.26. The fourth-order valence-corrected chi connectivity index (χ4v) is 4.46. The fraction of sp³-hybridized carbons (Fsp3) is 0.619. The smallest absolute Gasteiger partial charge is 0.421 e. The number of esters is 1. The first-order valence-electron chi connectivity index (χ1n) is 10.5. The van der Waals surface area contributed by atoms with E-state index in [0.717, 1.165) is 38.0 Å². The van der Waals surface area contributed by atoms with E-state index < -0.39 is 23.5 Å². The van der Waals surface area contributed by atoms with Crippen LogP contribution >= 0.6 is 0 Å². The molecule has 0 amide bonds. The number of carbonyl (C=O) groups is 1. The van der Waals surface area contributed by atoms with E-state index in [1.807, 2.05) is 6.20 Å². The quantitative estimate of drug-likeness (QED) is 0.673. The predicted molar refractivity (Wildman–Crippen MR) is 103 cm³/mol. The normalized spacial score (nSPS) is 17.6. The molecule has 164 valence electrons. The van der Waals surface area contributed by atoms with Gasteiger partial charge in [-0.2, -0.15) is 18.3 Å². The Balaban J connectivity index is 1.66. The average Bonchev–Trinajstić information content (AvgIpc) is 3.29. The van der Waals surface area contributed by atoms with Crippen LogP contribution in [0.4, 0.5) is 13.2 Å². The third-order valence-corrected chi connectivity index (χ3v) is 6.02. The highest BCUT2D eigenvalue weighted by atomic mass is 19.4. The van der Waals surface area contributed by atoms with Crippen molar-refractivity contribution in [3.63, 3.8) is 0 Å². The van der Waals surface area contributed by atoms with Crippen LogP contribution in [-0.2, 0) is 30.3 Å². The van der Waals surface area contributed by atoms with Gasteiger partial charge >= 0.3 is 12.1 Å². The van der Waals surface area contributed by atoms with Gasteiger partial charge in [-0.1, -0.05) is 6.92 Å². The van der Waals surface area contributed by atoms with Gasteiger partial charge in [0.25, 0.3) is 0 Å². The van der Waals surface area contributed by atoms with Gasteiger partial charge in [-0.05, 0) is 57.3 Å². The van der Waals surface area contributed by atoms with Crippen molar-refractivity contribution < 1.29 is 27.1 Å². The molecule has 0 aromatic carbocycles. The van der Waals surface area contributed by atoms with Gasteiger partial charge in [0.05, 0.1) is 17.9 Å². The van der Waals surface area contributed by atoms with Gasteiger partial charge in [-0.3, -0.25) is 4.68 Å². The van der Waals surface area contributed by atoms with Crippen molar-refractivity contribution >= 4 is 5.97 Å². The summed E-state index contributed by atoms with van der Waals surface area (Å²) in [4.78, 5) is 14.5. The lowest BCUT2D eigenvalue weighted by Crippen LogP contribution is -2.34. The topological polar surface area (TPSA) is 60.5 Å². The van der Waals surface area contributed by atoms with Crippen LogP contribution in [-0.4, -0.2) is 46.9 Å². The number of rotatable bonds is 5. The third kappa shape index (κ3) is 3.87. The first kappa shape index (κ1) is 21.0. The zero-order valence-corrected chi connectivity index (χ0v) is 17.2. The van der Waals surface area contributed by atoms with E-state index in [2.05, 4.69) is 16.9 Å². The maximum Gasteiger partial charge on any atom is 0.421 e. The zero-order valence-electron chi connectivity index (χ0n) is 17.2. The van der Waals surface area contributed by atoms with E-state index in [9.17, 15) is 18.0 Å². The van der Waals surface area contributed by atoms with Crippen LogP contribution < -0.4 is 0 Å². The summed E-state index contributed by atoms with van der Waals surface area (Å²) in [5.41, 5.74) is -0.145. The molecule has 0 N–H and O–H groups in total. The Kier molecular flexibility index (Phi) is 5.65. The molecule has 0 bridgehead atoms. The summed E-state index contributed by atoms with van der Waals surface area (Å²) < 4.78 is 53.6. The van der Waals surface area contributed by atoms with E-state index >= 15 is 0 Å². The highest BCUT2D eigenvalue weighted by Gasteiger charge is 2.45. The second kappa shape index (κ2) is 8.09. The number of hydrogen-bond acceptors (Lipinski definition) is 5. The molecule has 2 aliphatic rings. The Labute approximate surface area is 173 Å². The second-order valence-electron chi connectivity index (χ2n) is 7.93. The number of aromatic nitrogens is 2. The Hall–Kier alpha value is -2.29. The number of fused-ring (bicyclic) bond motifs is 3. The Morgan fingerprint density at radius 1 is 1.27 bits per heavy atom. The van der Waals surface area contributed by atoms with Gasteiger partial charge in [0.2, 0.25) is 5.76 Å². The van der Waals surface area contributed by atoms with Gasteiger partial charge < -0.3 is 14.1 Å². The number of piperidine rings is 1. The van der Waals surface area contributed by atoms with Gasteiger partial charge in [-0.25, -0.2) is 4.79 Å². The van der Waals surface area contributed by atoms with E-state index in [4.69, 9.17) is 9.15 Å². The zero-order chi connectivity index (χ0) is 21.5. The van der Waals surface area contributed by atoms with Crippen LogP contribution in [0.15, 0.2) is 10.6 Å². The standard InChI is InChI=1S/C21H26F3N3O3/c1-3-26-9-7-13(8-10-26)11-27-12-14-5-6-15-16(18(14)25-27)17(21(22,23)24)19(30-15)20(28)29-4-2/h12-13H,3-11H2,1-2H3. The number of alkyl halides is 3. The van der Waals surface area contributed by atoms with Crippen LogP contribution in [0.2, 0.25) is 0 Å². The van der Waals surface area contributed by atoms with Gasteiger partial charge in [-0.15, -0.1) is 0 Å². The number of aryl methyl sites for hydroxylation is 2. The SMILES string of the molecule is CCOC(=O)c1oc2c(c1C(F)(F)F)-c1nn(CC3CCN(CC)CC3)cc1CC2. The van der Waals surface area contributed by atoms with E-state index in [1.54, 1.807) is 11.6 Å². The maximum absolute atomic E-state index is 13.9.